The van der Waals surface area contributed by atoms with Crippen LogP contribution in [0.5, 0.6) is 23.0 Å². The number of phenolic OH excluding ortho intramolecular Hbond substituents is 4. The van der Waals surface area contributed by atoms with Crippen LogP contribution in [0.15, 0.2) is 106 Å². The Hall–Kier alpha value is -4.86. The lowest BCUT2D eigenvalue weighted by atomic mass is 10.3. The second-order valence-corrected chi connectivity index (χ2v) is 6.12. The molecule has 10 nitrogen and oxygen atoms in total. The maximum absolute atomic E-state index is 9.44. The Morgan fingerprint density at radius 2 is 0.938 bits per heavy atom. The standard InChI is InChI=1S/2C11H9N3O2/c2*15-8-4-5-9(10(16)7-8)13-14-11-3-1-2-6-12-11/h2*1-7,15-16H. The Balaban J connectivity index is 0.000000181. The van der Waals surface area contributed by atoms with Gasteiger partial charge in [-0.1, -0.05) is 12.1 Å². The molecular weight excluding hydrogens is 412 g/mol. The van der Waals surface area contributed by atoms with Crippen molar-refractivity contribution in [3.8, 4) is 23.0 Å². The average Bonchev–Trinajstić information content (AvgIpc) is 2.80. The van der Waals surface area contributed by atoms with E-state index >= 15 is 0 Å². The van der Waals surface area contributed by atoms with E-state index in [9.17, 15) is 10.2 Å². The number of rotatable bonds is 4. The molecule has 0 fully saturated rings. The minimum Gasteiger partial charge on any atom is -0.508 e. The van der Waals surface area contributed by atoms with Gasteiger partial charge in [-0.05, 0) is 48.5 Å². The normalized spacial score (nSPS) is 10.8. The molecule has 0 aliphatic rings. The van der Waals surface area contributed by atoms with E-state index in [1.807, 2.05) is 0 Å². The molecule has 0 aliphatic heterocycles. The fraction of sp³-hybridized carbons (Fsp3) is 0. The molecule has 4 aromatic rings. The summed E-state index contributed by atoms with van der Waals surface area (Å²) in [6, 6.07) is 18.7. The molecule has 0 aliphatic carbocycles. The molecule has 2 aromatic carbocycles. The van der Waals surface area contributed by atoms with E-state index in [1.54, 1.807) is 48.8 Å². The Morgan fingerprint density at radius 3 is 1.28 bits per heavy atom. The van der Waals surface area contributed by atoms with Crippen LogP contribution in [0.25, 0.3) is 0 Å². The van der Waals surface area contributed by atoms with Gasteiger partial charge in [0, 0.05) is 24.5 Å². The van der Waals surface area contributed by atoms with Gasteiger partial charge in [-0.25, -0.2) is 9.97 Å². The molecule has 0 bridgehead atoms. The number of hydrogen-bond acceptors (Lipinski definition) is 10. The fourth-order valence-corrected chi connectivity index (χ4v) is 2.23. The number of nitrogens with zero attached hydrogens (tertiary/aromatic N) is 6. The molecule has 0 atom stereocenters. The maximum Gasteiger partial charge on any atom is 0.174 e. The number of hydrogen-bond donors (Lipinski definition) is 4. The summed E-state index contributed by atoms with van der Waals surface area (Å²) < 4.78 is 0. The lowest BCUT2D eigenvalue weighted by Crippen LogP contribution is -1.71. The summed E-state index contributed by atoms with van der Waals surface area (Å²) in [5.41, 5.74) is 0.562. The molecule has 0 saturated heterocycles. The summed E-state index contributed by atoms with van der Waals surface area (Å²) in [5, 5.41) is 52.3. The van der Waals surface area contributed by atoms with Crippen LogP contribution in [0.3, 0.4) is 0 Å². The third-order valence-electron chi connectivity index (χ3n) is 3.74. The average molecular weight is 430 g/mol. The van der Waals surface area contributed by atoms with E-state index in [4.69, 9.17) is 10.2 Å². The van der Waals surface area contributed by atoms with Gasteiger partial charge in [-0.3, -0.25) is 0 Å². The van der Waals surface area contributed by atoms with Crippen LogP contribution in [0.4, 0.5) is 23.0 Å². The second kappa shape index (κ2) is 10.8. The summed E-state index contributed by atoms with van der Waals surface area (Å²) in [6.45, 7) is 0. The molecule has 4 N–H and O–H groups in total. The van der Waals surface area contributed by atoms with Gasteiger partial charge < -0.3 is 20.4 Å². The van der Waals surface area contributed by atoms with Gasteiger partial charge in [0.25, 0.3) is 0 Å². The molecule has 0 unspecified atom stereocenters. The molecule has 0 spiro atoms. The molecule has 0 saturated carbocycles. The topological polar surface area (TPSA) is 156 Å². The molecule has 0 amide bonds. The van der Waals surface area contributed by atoms with Crippen LogP contribution in [0.2, 0.25) is 0 Å². The van der Waals surface area contributed by atoms with E-state index < -0.39 is 0 Å². The third kappa shape index (κ3) is 6.59. The van der Waals surface area contributed by atoms with Crippen molar-refractivity contribution in [2.24, 2.45) is 20.5 Å². The lowest BCUT2D eigenvalue weighted by molar-refractivity contribution is 0.450. The lowest BCUT2D eigenvalue weighted by Gasteiger charge is -1.97. The van der Waals surface area contributed by atoms with Gasteiger partial charge in [0.05, 0.1) is 0 Å². The van der Waals surface area contributed by atoms with Gasteiger partial charge in [-0.2, -0.15) is 0 Å². The molecule has 10 heteroatoms. The summed E-state index contributed by atoms with van der Waals surface area (Å²) in [4.78, 5) is 7.90. The van der Waals surface area contributed by atoms with Crippen LogP contribution in [0, 0.1) is 0 Å². The summed E-state index contributed by atoms with van der Waals surface area (Å²) >= 11 is 0. The van der Waals surface area contributed by atoms with Crippen LogP contribution < -0.4 is 0 Å². The number of aromatic nitrogens is 2. The first kappa shape index (κ1) is 21.8. The highest BCUT2D eigenvalue weighted by atomic mass is 16.3. The number of pyridine rings is 2. The first-order valence-electron chi connectivity index (χ1n) is 9.21. The van der Waals surface area contributed by atoms with E-state index in [0.29, 0.717) is 11.6 Å². The second-order valence-electron chi connectivity index (χ2n) is 6.12. The predicted octanol–water partition coefficient (Wildman–Crippen LogP) is 5.82. The van der Waals surface area contributed by atoms with Gasteiger partial charge in [0.15, 0.2) is 11.6 Å². The van der Waals surface area contributed by atoms with Crippen molar-refractivity contribution < 1.29 is 20.4 Å². The van der Waals surface area contributed by atoms with Gasteiger partial charge in [0.1, 0.15) is 34.4 Å². The summed E-state index contributed by atoms with van der Waals surface area (Å²) in [7, 11) is 0. The zero-order valence-electron chi connectivity index (χ0n) is 16.6. The van der Waals surface area contributed by atoms with E-state index in [-0.39, 0.29) is 34.4 Å². The Labute approximate surface area is 182 Å². The first-order chi connectivity index (χ1) is 15.5. The molecule has 32 heavy (non-hydrogen) atoms. The van der Waals surface area contributed by atoms with Gasteiger partial charge in [-0.15, -0.1) is 20.5 Å². The van der Waals surface area contributed by atoms with E-state index in [1.165, 1.54) is 36.4 Å². The first-order valence-corrected chi connectivity index (χ1v) is 9.21. The van der Waals surface area contributed by atoms with Crippen LogP contribution >= 0.6 is 0 Å². The Bertz CT molecular complexity index is 1120. The van der Waals surface area contributed by atoms with Crippen molar-refractivity contribution >= 4 is 23.0 Å². The minimum absolute atomic E-state index is 0.0192. The number of phenols is 4. The molecule has 0 radical (unpaired) electrons. The van der Waals surface area contributed by atoms with E-state index in [2.05, 4.69) is 30.4 Å². The number of aromatic hydroxyl groups is 4. The van der Waals surface area contributed by atoms with Crippen molar-refractivity contribution in [1.82, 2.24) is 9.97 Å². The van der Waals surface area contributed by atoms with Crippen molar-refractivity contribution in [2.45, 2.75) is 0 Å². The zero-order valence-corrected chi connectivity index (χ0v) is 16.6. The van der Waals surface area contributed by atoms with Crippen molar-refractivity contribution in [3.63, 3.8) is 0 Å². The van der Waals surface area contributed by atoms with Crippen molar-refractivity contribution in [2.75, 3.05) is 0 Å². The molecule has 2 heterocycles. The van der Waals surface area contributed by atoms with Crippen LogP contribution in [-0.2, 0) is 0 Å². The quantitative estimate of drug-likeness (QED) is 0.299. The molecule has 2 aromatic heterocycles. The molecular formula is C22H18N6O4. The Kier molecular flexibility index (Phi) is 7.36. The van der Waals surface area contributed by atoms with Crippen LogP contribution in [-0.4, -0.2) is 30.4 Å². The summed E-state index contributed by atoms with van der Waals surface area (Å²) in [6.07, 6.45) is 3.20. The Morgan fingerprint density at radius 1 is 0.500 bits per heavy atom. The smallest absolute Gasteiger partial charge is 0.174 e. The zero-order chi connectivity index (χ0) is 22.8. The highest BCUT2D eigenvalue weighted by Gasteiger charge is 2.01. The molecule has 4 rings (SSSR count). The van der Waals surface area contributed by atoms with Crippen LogP contribution in [0.1, 0.15) is 0 Å². The highest BCUT2D eigenvalue weighted by molar-refractivity contribution is 5.54. The van der Waals surface area contributed by atoms with Gasteiger partial charge in [0.2, 0.25) is 0 Å². The van der Waals surface area contributed by atoms with E-state index in [0.717, 1.165) is 0 Å². The van der Waals surface area contributed by atoms with Crippen molar-refractivity contribution in [3.05, 3.63) is 85.2 Å². The maximum atomic E-state index is 9.44. The number of benzene rings is 2. The summed E-state index contributed by atoms with van der Waals surface area (Å²) in [5.74, 6) is 0.618. The van der Waals surface area contributed by atoms with Crippen molar-refractivity contribution in [1.29, 1.82) is 0 Å². The minimum atomic E-state index is -0.125. The third-order valence-corrected chi connectivity index (χ3v) is 3.74. The number of azo groups is 2. The molecule has 160 valence electrons. The largest absolute Gasteiger partial charge is 0.508 e. The fourth-order valence-electron chi connectivity index (χ4n) is 2.23. The van der Waals surface area contributed by atoms with Gasteiger partial charge >= 0.3 is 0 Å². The predicted molar refractivity (Wildman–Crippen MR) is 116 cm³/mol. The monoisotopic (exact) mass is 430 g/mol. The highest BCUT2D eigenvalue weighted by Crippen LogP contribution is 2.31. The SMILES string of the molecule is Oc1ccc(N=Nc2ccccn2)c(O)c1.Oc1ccc(N=Nc2ccccn2)c(O)c1.